The number of likely N-dealkylation sites (tertiary alicyclic amines) is 1. The SMILES string of the molecule is CN1CCCC12c1ccccc1CCc1ccccc12. The van der Waals surface area contributed by atoms with Crippen molar-refractivity contribution in [2.24, 2.45) is 0 Å². The van der Waals surface area contributed by atoms with Crippen molar-refractivity contribution in [2.75, 3.05) is 13.6 Å². The Morgan fingerprint density at radius 2 is 1.40 bits per heavy atom. The molecule has 0 unspecified atom stereocenters. The summed E-state index contributed by atoms with van der Waals surface area (Å²) < 4.78 is 0. The Bertz CT molecular complexity index is 596. The van der Waals surface area contributed by atoms with Crippen molar-refractivity contribution in [2.45, 2.75) is 31.2 Å². The molecule has 0 atom stereocenters. The highest BCUT2D eigenvalue weighted by Gasteiger charge is 2.44. The van der Waals surface area contributed by atoms with Crippen LogP contribution >= 0.6 is 0 Å². The highest BCUT2D eigenvalue weighted by molar-refractivity contribution is 5.49. The van der Waals surface area contributed by atoms with E-state index in [1.165, 1.54) is 43.4 Å². The second-order valence-electron chi connectivity index (χ2n) is 6.20. The zero-order valence-electron chi connectivity index (χ0n) is 12.1. The van der Waals surface area contributed by atoms with Gasteiger partial charge in [-0.2, -0.15) is 0 Å². The molecule has 0 aromatic heterocycles. The fourth-order valence-electron chi connectivity index (χ4n) is 4.33. The highest BCUT2D eigenvalue weighted by atomic mass is 15.2. The van der Waals surface area contributed by atoms with Gasteiger partial charge in [0.25, 0.3) is 0 Å². The molecule has 2 aromatic carbocycles. The van der Waals surface area contributed by atoms with Crippen molar-refractivity contribution in [1.29, 1.82) is 0 Å². The quantitative estimate of drug-likeness (QED) is 0.699. The van der Waals surface area contributed by atoms with Gasteiger partial charge in [-0.05, 0) is 61.5 Å². The van der Waals surface area contributed by atoms with Crippen LogP contribution in [0.1, 0.15) is 35.1 Å². The molecule has 1 aliphatic carbocycles. The van der Waals surface area contributed by atoms with E-state index in [4.69, 9.17) is 0 Å². The van der Waals surface area contributed by atoms with Crippen LogP contribution in [0.25, 0.3) is 0 Å². The predicted molar refractivity (Wildman–Crippen MR) is 82.9 cm³/mol. The maximum atomic E-state index is 2.58. The van der Waals surface area contributed by atoms with Crippen molar-refractivity contribution in [3.05, 3.63) is 70.8 Å². The Morgan fingerprint density at radius 1 is 0.850 bits per heavy atom. The van der Waals surface area contributed by atoms with Crippen molar-refractivity contribution in [3.8, 4) is 0 Å². The monoisotopic (exact) mass is 263 g/mol. The molecule has 20 heavy (non-hydrogen) atoms. The lowest BCUT2D eigenvalue weighted by Crippen LogP contribution is -2.40. The number of benzene rings is 2. The van der Waals surface area contributed by atoms with Gasteiger partial charge in [-0.25, -0.2) is 0 Å². The summed E-state index contributed by atoms with van der Waals surface area (Å²) in [6.45, 7) is 1.20. The van der Waals surface area contributed by atoms with E-state index >= 15 is 0 Å². The van der Waals surface area contributed by atoms with Crippen LogP contribution in [0.2, 0.25) is 0 Å². The summed E-state index contributed by atoms with van der Waals surface area (Å²) >= 11 is 0. The summed E-state index contributed by atoms with van der Waals surface area (Å²) in [7, 11) is 2.30. The van der Waals surface area contributed by atoms with E-state index in [9.17, 15) is 0 Å². The summed E-state index contributed by atoms with van der Waals surface area (Å²) in [5.74, 6) is 0. The van der Waals surface area contributed by atoms with Crippen LogP contribution in [0.15, 0.2) is 48.5 Å². The molecular weight excluding hydrogens is 242 g/mol. The third-order valence-electron chi connectivity index (χ3n) is 5.27. The van der Waals surface area contributed by atoms with Gasteiger partial charge in [0.15, 0.2) is 0 Å². The predicted octanol–water partition coefficient (Wildman–Crippen LogP) is 3.75. The van der Waals surface area contributed by atoms with Gasteiger partial charge in [-0.3, -0.25) is 4.90 Å². The molecule has 4 rings (SSSR count). The minimum atomic E-state index is 0.115. The van der Waals surface area contributed by atoms with E-state index in [0.717, 1.165) is 0 Å². The van der Waals surface area contributed by atoms with E-state index in [1.54, 1.807) is 11.1 Å². The molecule has 0 N–H and O–H groups in total. The van der Waals surface area contributed by atoms with Gasteiger partial charge >= 0.3 is 0 Å². The van der Waals surface area contributed by atoms with Gasteiger partial charge in [0.2, 0.25) is 0 Å². The molecule has 1 heterocycles. The van der Waals surface area contributed by atoms with Crippen LogP contribution in [0.4, 0.5) is 0 Å². The zero-order chi connectivity index (χ0) is 13.6. The van der Waals surface area contributed by atoms with Gasteiger partial charge in [0.05, 0.1) is 5.54 Å². The lowest BCUT2D eigenvalue weighted by Gasteiger charge is -2.38. The minimum absolute atomic E-state index is 0.115. The fraction of sp³-hybridized carbons (Fsp3) is 0.368. The number of rotatable bonds is 0. The van der Waals surface area contributed by atoms with Crippen LogP contribution in [0.3, 0.4) is 0 Å². The largest absolute Gasteiger partial charge is 0.293 e. The van der Waals surface area contributed by atoms with Gasteiger partial charge < -0.3 is 0 Å². The normalized spacial score (nSPS) is 20.4. The molecule has 102 valence electrons. The first-order chi connectivity index (χ1) is 9.82. The Balaban J connectivity index is 2.04. The van der Waals surface area contributed by atoms with Crippen LogP contribution in [-0.2, 0) is 18.4 Å². The molecule has 1 nitrogen and oxygen atoms in total. The molecule has 0 radical (unpaired) electrons. The van der Waals surface area contributed by atoms with Gasteiger partial charge in [-0.1, -0.05) is 48.5 Å². The molecule has 1 fully saturated rings. The lowest BCUT2D eigenvalue weighted by molar-refractivity contribution is 0.221. The second-order valence-corrected chi connectivity index (χ2v) is 6.20. The molecule has 0 bridgehead atoms. The summed E-state index contributed by atoms with van der Waals surface area (Å²) in [6, 6.07) is 18.2. The standard InChI is InChI=1S/C19H21N/c1-20-14-6-13-19(20)17-9-4-2-7-15(17)11-12-16-8-3-5-10-18(16)19/h2-5,7-10H,6,11-14H2,1H3. The summed E-state index contributed by atoms with van der Waals surface area (Å²) in [5, 5.41) is 0. The van der Waals surface area contributed by atoms with E-state index in [2.05, 4.69) is 60.5 Å². The second kappa shape index (κ2) is 4.46. The van der Waals surface area contributed by atoms with E-state index < -0.39 is 0 Å². The van der Waals surface area contributed by atoms with Gasteiger partial charge in [0.1, 0.15) is 0 Å². The Hall–Kier alpha value is -1.60. The number of nitrogens with zero attached hydrogens (tertiary/aromatic N) is 1. The summed E-state index contributed by atoms with van der Waals surface area (Å²) in [5.41, 5.74) is 6.29. The zero-order valence-corrected chi connectivity index (χ0v) is 12.1. The Labute approximate surface area is 121 Å². The molecule has 2 aliphatic rings. The van der Waals surface area contributed by atoms with E-state index in [0.29, 0.717) is 0 Å². The van der Waals surface area contributed by atoms with Crippen molar-refractivity contribution in [3.63, 3.8) is 0 Å². The van der Waals surface area contributed by atoms with Crippen LogP contribution in [-0.4, -0.2) is 18.5 Å². The first-order valence-corrected chi connectivity index (χ1v) is 7.70. The van der Waals surface area contributed by atoms with Crippen LogP contribution in [0, 0.1) is 0 Å². The molecule has 0 amide bonds. The van der Waals surface area contributed by atoms with Gasteiger partial charge in [0, 0.05) is 0 Å². The van der Waals surface area contributed by atoms with Crippen molar-refractivity contribution < 1.29 is 0 Å². The first kappa shape index (κ1) is 12.2. The molecule has 1 aliphatic heterocycles. The maximum Gasteiger partial charge on any atom is 0.0718 e. The molecule has 2 aromatic rings. The van der Waals surface area contributed by atoms with Crippen LogP contribution < -0.4 is 0 Å². The van der Waals surface area contributed by atoms with Gasteiger partial charge in [-0.15, -0.1) is 0 Å². The third kappa shape index (κ3) is 1.53. The molecular formula is C19H21N. The average molecular weight is 263 g/mol. The number of hydrogen-bond donors (Lipinski definition) is 0. The van der Waals surface area contributed by atoms with E-state index in [-0.39, 0.29) is 5.54 Å². The molecule has 1 spiro atoms. The molecule has 1 heteroatoms. The minimum Gasteiger partial charge on any atom is -0.293 e. The summed E-state index contributed by atoms with van der Waals surface area (Å²) in [6.07, 6.45) is 4.88. The van der Waals surface area contributed by atoms with E-state index in [1.807, 2.05) is 0 Å². The lowest BCUT2D eigenvalue weighted by atomic mass is 9.78. The average Bonchev–Trinajstić information content (AvgIpc) is 2.81. The fourth-order valence-corrected chi connectivity index (χ4v) is 4.33. The highest BCUT2D eigenvalue weighted by Crippen LogP contribution is 2.47. The number of hydrogen-bond acceptors (Lipinski definition) is 1. The number of aryl methyl sites for hydroxylation is 2. The first-order valence-electron chi connectivity index (χ1n) is 7.70. The van der Waals surface area contributed by atoms with Crippen LogP contribution in [0.5, 0.6) is 0 Å². The maximum absolute atomic E-state index is 2.58. The Kier molecular flexibility index (Phi) is 2.71. The Morgan fingerprint density at radius 3 is 1.90 bits per heavy atom. The molecule has 1 saturated heterocycles. The third-order valence-corrected chi connectivity index (χ3v) is 5.27. The topological polar surface area (TPSA) is 3.24 Å². The van der Waals surface area contributed by atoms with Crippen molar-refractivity contribution >= 4 is 0 Å². The smallest absolute Gasteiger partial charge is 0.0718 e. The number of fused-ring (bicyclic) bond motifs is 4. The summed E-state index contributed by atoms with van der Waals surface area (Å²) in [4.78, 5) is 2.58. The van der Waals surface area contributed by atoms with Crippen molar-refractivity contribution in [1.82, 2.24) is 4.90 Å². The molecule has 0 saturated carbocycles.